The van der Waals surface area contributed by atoms with Gasteiger partial charge in [-0.25, -0.2) is 0 Å². The van der Waals surface area contributed by atoms with Gasteiger partial charge in [0, 0.05) is 16.2 Å². The molecule has 0 fully saturated rings. The smallest absolute Gasteiger partial charge is 0.0916 e. The molecular weight excluding hydrogens is 196 g/mol. The van der Waals surface area contributed by atoms with Crippen LogP contribution in [0.1, 0.15) is 18.9 Å². The monoisotopic (exact) mass is 208 g/mol. The Hall–Kier alpha value is -1.03. The van der Waals surface area contributed by atoms with E-state index < -0.39 is 10.8 Å². The second-order valence-corrected chi connectivity index (χ2v) is 4.81. The van der Waals surface area contributed by atoms with E-state index in [4.69, 9.17) is 0 Å². The van der Waals surface area contributed by atoms with Gasteiger partial charge in [-0.3, -0.25) is 4.21 Å². The van der Waals surface area contributed by atoms with E-state index in [-0.39, 0.29) is 0 Å². The molecule has 1 aromatic rings. The molecule has 1 aromatic carbocycles. The quantitative estimate of drug-likeness (QED) is 0.753. The molecule has 3 nitrogen and oxygen atoms in total. The van der Waals surface area contributed by atoms with E-state index in [1.807, 2.05) is 25.1 Å². The van der Waals surface area contributed by atoms with Crippen molar-refractivity contribution in [3.63, 3.8) is 0 Å². The Morgan fingerprint density at radius 2 is 2.36 bits per heavy atom. The standard InChI is InChI=1S/C10H12N2OS/c1-2-5-14(13)9-4-3-8-7-11-12-10(8)6-9/h3-4,6H,2,5,7H2,1H3. The van der Waals surface area contributed by atoms with Crippen LogP contribution in [0.3, 0.4) is 0 Å². The maximum absolute atomic E-state index is 11.7. The van der Waals surface area contributed by atoms with Crippen molar-refractivity contribution in [3.8, 4) is 0 Å². The van der Waals surface area contributed by atoms with Gasteiger partial charge in [0.05, 0.1) is 23.0 Å². The molecule has 0 N–H and O–H groups in total. The Balaban J connectivity index is 2.28. The molecule has 1 aliphatic heterocycles. The van der Waals surface area contributed by atoms with Gasteiger partial charge < -0.3 is 0 Å². The topological polar surface area (TPSA) is 41.8 Å². The fraction of sp³-hybridized carbons (Fsp3) is 0.400. The van der Waals surface area contributed by atoms with Gasteiger partial charge in [-0.05, 0) is 18.6 Å². The molecule has 0 bridgehead atoms. The van der Waals surface area contributed by atoms with Crippen LogP contribution in [-0.4, -0.2) is 9.96 Å². The first-order valence-electron chi connectivity index (χ1n) is 4.70. The largest absolute Gasteiger partial charge is 0.254 e. The molecule has 4 heteroatoms. The van der Waals surface area contributed by atoms with Crippen LogP contribution in [0.15, 0.2) is 33.3 Å². The molecule has 0 saturated heterocycles. The van der Waals surface area contributed by atoms with E-state index in [0.29, 0.717) is 6.54 Å². The van der Waals surface area contributed by atoms with Crippen molar-refractivity contribution in [2.75, 3.05) is 5.75 Å². The lowest BCUT2D eigenvalue weighted by Gasteiger charge is -2.01. The molecule has 0 radical (unpaired) electrons. The molecule has 1 heterocycles. The fourth-order valence-electron chi connectivity index (χ4n) is 1.40. The summed E-state index contributed by atoms with van der Waals surface area (Å²) in [5.74, 6) is 0.718. The molecule has 0 saturated carbocycles. The summed E-state index contributed by atoms with van der Waals surface area (Å²) < 4.78 is 11.7. The van der Waals surface area contributed by atoms with Crippen LogP contribution in [0.25, 0.3) is 0 Å². The number of fused-ring (bicyclic) bond motifs is 1. The van der Waals surface area contributed by atoms with Crippen molar-refractivity contribution in [3.05, 3.63) is 23.8 Å². The highest BCUT2D eigenvalue weighted by Crippen LogP contribution is 2.28. The average Bonchev–Trinajstić information content (AvgIpc) is 2.64. The van der Waals surface area contributed by atoms with Gasteiger partial charge in [0.15, 0.2) is 0 Å². The first-order chi connectivity index (χ1) is 6.81. The van der Waals surface area contributed by atoms with E-state index in [9.17, 15) is 4.21 Å². The van der Waals surface area contributed by atoms with Crippen LogP contribution in [0.5, 0.6) is 0 Å². The highest BCUT2D eigenvalue weighted by atomic mass is 32.2. The summed E-state index contributed by atoms with van der Waals surface area (Å²) in [4.78, 5) is 0.867. The summed E-state index contributed by atoms with van der Waals surface area (Å²) in [6.45, 7) is 2.70. The van der Waals surface area contributed by atoms with Crippen LogP contribution in [0, 0.1) is 0 Å². The maximum Gasteiger partial charge on any atom is 0.0916 e. The summed E-state index contributed by atoms with van der Waals surface area (Å²) in [6, 6.07) is 5.77. The molecule has 0 spiro atoms. The Kier molecular flexibility index (Phi) is 2.72. The second-order valence-electron chi connectivity index (χ2n) is 3.24. The van der Waals surface area contributed by atoms with Crippen LogP contribution < -0.4 is 0 Å². The second kappa shape index (κ2) is 4.00. The predicted molar refractivity (Wildman–Crippen MR) is 56.2 cm³/mol. The molecule has 0 aromatic heterocycles. The minimum absolute atomic E-state index is 0.663. The van der Waals surface area contributed by atoms with Gasteiger partial charge >= 0.3 is 0 Å². The molecule has 0 aliphatic carbocycles. The zero-order valence-electron chi connectivity index (χ0n) is 8.06. The Labute approximate surface area is 85.7 Å². The molecule has 1 unspecified atom stereocenters. The predicted octanol–water partition coefficient (Wildman–Crippen LogP) is 2.80. The van der Waals surface area contributed by atoms with E-state index >= 15 is 0 Å². The summed E-state index contributed by atoms with van der Waals surface area (Å²) >= 11 is 0. The zero-order chi connectivity index (χ0) is 9.97. The molecule has 0 amide bonds. The molecule has 74 valence electrons. The zero-order valence-corrected chi connectivity index (χ0v) is 8.88. The first kappa shape index (κ1) is 9.52. The highest BCUT2D eigenvalue weighted by molar-refractivity contribution is 7.85. The van der Waals surface area contributed by atoms with E-state index in [2.05, 4.69) is 10.2 Å². The van der Waals surface area contributed by atoms with Crippen molar-refractivity contribution in [1.29, 1.82) is 0 Å². The summed E-state index contributed by atoms with van der Waals surface area (Å²) in [5.41, 5.74) is 2.01. The Morgan fingerprint density at radius 3 is 3.14 bits per heavy atom. The van der Waals surface area contributed by atoms with Crippen molar-refractivity contribution < 1.29 is 4.21 Å². The minimum Gasteiger partial charge on any atom is -0.254 e. The first-order valence-corrected chi connectivity index (χ1v) is 6.02. The van der Waals surface area contributed by atoms with Crippen molar-refractivity contribution in [1.82, 2.24) is 0 Å². The highest BCUT2D eigenvalue weighted by Gasteiger charge is 2.10. The Bertz CT molecular complexity index is 401. The van der Waals surface area contributed by atoms with Gasteiger partial charge in [0.25, 0.3) is 0 Å². The average molecular weight is 208 g/mol. The minimum atomic E-state index is -0.877. The number of rotatable bonds is 3. The molecule has 1 atom stereocenters. The number of azo groups is 1. The maximum atomic E-state index is 11.7. The van der Waals surface area contributed by atoms with Gasteiger partial charge in [-0.2, -0.15) is 10.2 Å². The molecular formula is C10H12N2OS. The molecule has 1 aliphatic rings. The van der Waals surface area contributed by atoms with Crippen LogP contribution in [-0.2, 0) is 17.3 Å². The van der Waals surface area contributed by atoms with E-state index in [1.165, 1.54) is 0 Å². The summed E-state index contributed by atoms with van der Waals surface area (Å²) in [5, 5.41) is 7.92. The lowest BCUT2D eigenvalue weighted by molar-refractivity contribution is 0.682. The van der Waals surface area contributed by atoms with Crippen LogP contribution in [0.2, 0.25) is 0 Å². The van der Waals surface area contributed by atoms with Gasteiger partial charge in [-0.1, -0.05) is 13.0 Å². The lowest BCUT2D eigenvalue weighted by atomic mass is 10.2. The summed E-state index contributed by atoms with van der Waals surface area (Å²) in [7, 11) is -0.877. The number of hydrogen-bond donors (Lipinski definition) is 0. The van der Waals surface area contributed by atoms with Gasteiger partial charge in [0.1, 0.15) is 0 Å². The fourth-order valence-corrected chi connectivity index (χ4v) is 2.47. The molecule has 14 heavy (non-hydrogen) atoms. The van der Waals surface area contributed by atoms with Crippen molar-refractivity contribution in [2.24, 2.45) is 10.2 Å². The van der Waals surface area contributed by atoms with Crippen molar-refractivity contribution >= 4 is 16.5 Å². The van der Waals surface area contributed by atoms with Gasteiger partial charge in [-0.15, -0.1) is 0 Å². The number of benzene rings is 1. The third-order valence-electron chi connectivity index (χ3n) is 2.13. The number of nitrogens with zero attached hydrogens (tertiary/aromatic N) is 2. The van der Waals surface area contributed by atoms with Crippen molar-refractivity contribution in [2.45, 2.75) is 24.8 Å². The van der Waals surface area contributed by atoms with E-state index in [0.717, 1.165) is 28.3 Å². The third-order valence-corrected chi connectivity index (χ3v) is 3.69. The van der Waals surface area contributed by atoms with Crippen LogP contribution >= 0.6 is 0 Å². The Morgan fingerprint density at radius 1 is 1.50 bits per heavy atom. The van der Waals surface area contributed by atoms with Crippen LogP contribution in [0.4, 0.5) is 5.69 Å². The lowest BCUT2D eigenvalue weighted by Crippen LogP contribution is -1.96. The summed E-state index contributed by atoms with van der Waals surface area (Å²) in [6.07, 6.45) is 0.936. The van der Waals surface area contributed by atoms with Gasteiger partial charge in [0.2, 0.25) is 0 Å². The van der Waals surface area contributed by atoms with E-state index in [1.54, 1.807) is 0 Å². The molecule has 2 rings (SSSR count). The third kappa shape index (κ3) is 1.75. The number of hydrogen-bond acceptors (Lipinski definition) is 3. The SMILES string of the molecule is CCCS(=O)c1ccc2c(c1)N=NC2. The normalized spacial score (nSPS) is 15.5.